The Morgan fingerprint density at radius 3 is 2.80 bits per heavy atom. The number of hydrogen-bond donors (Lipinski definition) is 1. The van der Waals surface area contributed by atoms with Crippen LogP contribution in [-0.2, 0) is 6.42 Å². The molecule has 20 heavy (non-hydrogen) atoms. The van der Waals surface area contributed by atoms with Crippen molar-refractivity contribution in [3.63, 3.8) is 0 Å². The Morgan fingerprint density at radius 2 is 2.10 bits per heavy atom. The number of hydrogen-bond acceptors (Lipinski definition) is 2. The van der Waals surface area contributed by atoms with Gasteiger partial charge < -0.3 is 5.32 Å². The zero-order valence-electron chi connectivity index (χ0n) is 11.7. The van der Waals surface area contributed by atoms with Crippen molar-refractivity contribution < 1.29 is 4.39 Å². The van der Waals surface area contributed by atoms with Crippen molar-refractivity contribution in [1.29, 1.82) is 0 Å². The van der Waals surface area contributed by atoms with Crippen molar-refractivity contribution in [2.24, 2.45) is 0 Å². The van der Waals surface area contributed by atoms with E-state index < -0.39 is 0 Å². The maximum absolute atomic E-state index is 13.9. The molecule has 1 aromatic carbocycles. The quantitative estimate of drug-likeness (QED) is 0.885. The number of halogens is 2. The molecule has 0 aliphatic carbocycles. The zero-order valence-corrected chi connectivity index (χ0v) is 13.2. The van der Waals surface area contributed by atoms with Gasteiger partial charge in [0.2, 0.25) is 0 Å². The summed E-state index contributed by atoms with van der Waals surface area (Å²) in [7, 11) is 0. The third-order valence-electron chi connectivity index (χ3n) is 3.18. The third-order valence-corrected chi connectivity index (χ3v) is 3.67. The Labute approximate surface area is 127 Å². The molecule has 1 heterocycles. The molecule has 0 spiro atoms. The van der Waals surface area contributed by atoms with Gasteiger partial charge in [-0.2, -0.15) is 0 Å². The molecule has 106 valence electrons. The molecule has 0 aliphatic rings. The van der Waals surface area contributed by atoms with Crippen LogP contribution in [0.4, 0.5) is 4.39 Å². The van der Waals surface area contributed by atoms with E-state index in [0.29, 0.717) is 12.0 Å². The highest BCUT2D eigenvalue weighted by molar-refractivity contribution is 9.10. The number of rotatable bonds is 5. The van der Waals surface area contributed by atoms with E-state index in [1.165, 1.54) is 6.07 Å². The fourth-order valence-electron chi connectivity index (χ4n) is 2.20. The largest absolute Gasteiger partial charge is 0.309 e. The predicted octanol–water partition coefficient (Wildman–Crippen LogP) is 4.18. The average Bonchev–Trinajstić information content (AvgIpc) is 2.42. The maximum atomic E-state index is 13.9. The Kier molecular flexibility index (Phi) is 5.26. The summed E-state index contributed by atoms with van der Waals surface area (Å²) in [5.41, 5.74) is 2.80. The third kappa shape index (κ3) is 3.87. The minimum atomic E-state index is -0.177. The minimum absolute atomic E-state index is 0.0173. The number of aryl methyl sites for hydroxylation is 1. The highest BCUT2D eigenvalue weighted by Crippen LogP contribution is 2.22. The lowest BCUT2D eigenvalue weighted by Gasteiger charge is -2.18. The summed E-state index contributed by atoms with van der Waals surface area (Å²) in [4.78, 5) is 4.41. The van der Waals surface area contributed by atoms with Gasteiger partial charge in [-0.15, -0.1) is 0 Å². The molecule has 4 heteroatoms. The van der Waals surface area contributed by atoms with Gasteiger partial charge in [-0.05, 0) is 61.3 Å². The Bertz CT molecular complexity index is 586. The van der Waals surface area contributed by atoms with E-state index in [0.717, 1.165) is 22.3 Å². The summed E-state index contributed by atoms with van der Waals surface area (Å²) in [6, 6.07) is 9.06. The van der Waals surface area contributed by atoms with Gasteiger partial charge in [0.25, 0.3) is 0 Å². The molecule has 0 saturated carbocycles. The lowest BCUT2D eigenvalue weighted by molar-refractivity contribution is 0.517. The summed E-state index contributed by atoms with van der Waals surface area (Å²) in [6.45, 7) is 4.89. The standard InChI is InChI=1S/C16H18BrFN2/c1-3-19-16(15-8-11(2)6-7-20-15)10-12-9-13(17)4-5-14(12)18/h4-9,16,19H,3,10H2,1-2H3. The predicted molar refractivity (Wildman–Crippen MR) is 83.2 cm³/mol. The lowest BCUT2D eigenvalue weighted by atomic mass is 10.0. The topological polar surface area (TPSA) is 24.9 Å². The van der Waals surface area contributed by atoms with Crippen molar-refractivity contribution in [2.45, 2.75) is 26.3 Å². The normalized spacial score (nSPS) is 12.4. The second-order valence-electron chi connectivity index (χ2n) is 4.81. The summed E-state index contributed by atoms with van der Waals surface area (Å²) >= 11 is 3.39. The fraction of sp³-hybridized carbons (Fsp3) is 0.312. The number of nitrogens with one attached hydrogen (secondary N) is 1. The lowest BCUT2D eigenvalue weighted by Crippen LogP contribution is -2.24. The van der Waals surface area contributed by atoms with Gasteiger partial charge in [0.15, 0.2) is 0 Å². The monoisotopic (exact) mass is 336 g/mol. The first-order chi connectivity index (χ1) is 9.60. The van der Waals surface area contributed by atoms with Gasteiger partial charge in [-0.1, -0.05) is 22.9 Å². The van der Waals surface area contributed by atoms with E-state index in [1.807, 2.05) is 32.0 Å². The molecule has 0 saturated heterocycles. The number of nitrogens with zero attached hydrogens (tertiary/aromatic N) is 1. The van der Waals surface area contributed by atoms with E-state index >= 15 is 0 Å². The Balaban J connectivity index is 2.27. The maximum Gasteiger partial charge on any atom is 0.126 e. The first-order valence-electron chi connectivity index (χ1n) is 6.70. The van der Waals surface area contributed by atoms with Gasteiger partial charge in [0, 0.05) is 10.7 Å². The summed E-state index contributed by atoms with van der Waals surface area (Å²) < 4.78 is 14.8. The van der Waals surface area contributed by atoms with Crippen LogP contribution in [0, 0.1) is 12.7 Å². The number of aromatic nitrogens is 1. The minimum Gasteiger partial charge on any atom is -0.309 e. The Hall–Kier alpha value is -1.26. The van der Waals surface area contributed by atoms with E-state index in [4.69, 9.17) is 0 Å². The number of benzene rings is 1. The molecule has 0 aliphatic heterocycles. The van der Waals surface area contributed by atoms with Gasteiger partial charge >= 0.3 is 0 Å². The van der Waals surface area contributed by atoms with Crippen LogP contribution in [0.2, 0.25) is 0 Å². The fourth-order valence-corrected chi connectivity index (χ4v) is 2.61. The van der Waals surface area contributed by atoms with Crippen LogP contribution in [-0.4, -0.2) is 11.5 Å². The second kappa shape index (κ2) is 6.95. The number of pyridine rings is 1. The summed E-state index contributed by atoms with van der Waals surface area (Å²) in [6.07, 6.45) is 2.38. The van der Waals surface area contributed by atoms with E-state index in [2.05, 4.69) is 26.2 Å². The molecule has 1 aromatic heterocycles. The molecule has 0 fully saturated rings. The van der Waals surface area contributed by atoms with Crippen LogP contribution in [0.1, 0.15) is 29.8 Å². The van der Waals surface area contributed by atoms with Gasteiger partial charge in [-0.25, -0.2) is 4.39 Å². The van der Waals surface area contributed by atoms with E-state index in [-0.39, 0.29) is 11.9 Å². The molecule has 1 N–H and O–H groups in total. The van der Waals surface area contributed by atoms with Crippen LogP contribution in [0.3, 0.4) is 0 Å². The van der Waals surface area contributed by atoms with Crippen molar-refractivity contribution >= 4 is 15.9 Å². The second-order valence-corrected chi connectivity index (χ2v) is 5.72. The van der Waals surface area contributed by atoms with Crippen LogP contribution in [0.5, 0.6) is 0 Å². The van der Waals surface area contributed by atoms with Gasteiger partial charge in [-0.3, -0.25) is 4.98 Å². The van der Waals surface area contributed by atoms with Gasteiger partial charge in [0.05, 0.1) is 11.7 Å². The van der Waals surface area contributed by atoms with Crippen molar-refractivity contribution in [2.75, 3.05) is 6.54 Å². The molecular formula is C16H18BrFN2. The SMILES string of the molecule is CCNC(Cc1cc(Br)ccc1F)c1cc(C)ccn1. The molecule has 2 nitrogen and oxygen atoms in total. The molecule has 0 radical (unpaired) electrons. The van der Waals surface area contributed by atoms with E-state index in [1.54, 1.807) is 12.3 Å². The molecule has 0 amide bonds. The van der Waals surface area contributed by atoms with E-state index in [9.17, 15) is 4.39 Å². The first-order valence-corrected chi connectivity index (χ1v) is 7.49. The van der Waals surface area contributed by atoms with Crippen molar-refractivity contribution in [1.82, 2.24) is 10.3 Å². The smallest absolute Gasteiger partial charge is 0.126 e. The summed E-state index contributed by atoms with van der Waals surface area (Å²) in [5.74, 6) is -0.177. The molecular weight excluding hydrogens is 319 g/mol. The molecule has 0 bridgehead atoms. The van der Waals surface area contributed by atoms with Crippen LogP contribution < -0.4 is 5.32 Å². The Morgan fingerprint density at radius 1 is 1.30 bits per heavy atom. The molecule has 1 unspecified atom stereocenters. The highest BCUT2D eigenvalue weighted by Gasteiger charge is 2.15. The molecule has 2 aromatic rings. The first kappa shape index (κ1) is 15.1. The van der Waals surface area contributed by atoms with Crippen molar-refractivity contribution in [3.8, 4) is 0 Å². The van der Waals surface area contributed by atoms with Crippen molar-refractivity contribution in [3.05, 3.63) is 63.6 Å². The molecule has 1 atom stereocenters. The summed E-state index contributed by atoms with van der Waals surface area (Å²) in [5, 5.41) is 3.38. The van der Waals surface area contributed by atoms with Crippen LogP contribution in [0.25, 0.3) is 0 Å². The van der Waals surface area contributed by atoms with Crippen LogP contribution >= 0.6 is 15.9 Å². The van der Waals surface area contributed by atoms with Gasteiger partial charge in [0.1, 0.15) is 5.82 Å². The average molecular weight is 337 g/mol. The zero-order chi connectivity index (χ0) is 14.5. The number of likely N-dealkylation sites (N-methyl/N-ethyl adjacent to an activating group) is 1. The molecule has 2 rings (SSSR count). The highest BCUT2D eigenvalue weighted by atomic mass is 79.9. The van der Waals surface area contributed by atoms with Crippen LogP contribution in [0.15, 0.2) is 41.0 Å².